The molecule has 1 aromatic carbocycles. The number of benzene rings is 1. The molecule has 0 saturated heterocycles. The quantitative estimate of drug-likeness (QED) is 0.219. The van der Waals surface area contributed by atoms with Crippen LogP contribution in [0.4, 0.5) is 0 Å². The Balaban J connectivity index is 2.52. The molecule has 0 fully saturated rings. The molecule has 0 aliphatic rings. The summed E-state index contributed by atoms with van der Waals surface area (Å²) < 4.78 is 0. The molecular formula is C15H20N4O5. The van der Waals surface area contributed by atoms with Crippen LogP contribution in [0.5, 0.6) is 0 Å². The van der Waals surface area contributed by atoms with Gasteiger partial charge in [-0.1, -0.05) is 29.4 Å². The predicted molar refractivity (Wildman–Crippen MR) is 85.6 cm³/mol. The molecule has 1 amide bonds. The number of nitrogens with two attached hydrogens (primary N) is 2. The van der Waals surface area contributed by atoms with Crippen LogP contribution in [-0.4, -0.2) is 34.8 Å². The van der Waals surface area contributed by atoms with Crippen LogP contribution in [0.1, 0.15) is 30.9 Å². The van der Waals surface area contributed by atoms with Crippen LogP contribution in [0.3, 0.4) is 0 Å². The van der Waals surface area contributed by atoms with Gasteiger partial charge >= 0.3 is 11.9 Å². The van der Waals surface area contributed by atoms with Crippen LogP contribution in [-0.2, 0) is 25.8 Å². The van der Waals surface area contributed by atoms with E-state index in [9.17, 15) is 14.4 Å². The second kappa shape index (κ2) is 9.26. The summed E-state index contributed by atoms with van der Waals surface area (Å²) in [6.45, 7) is 1.45. The normalized spacial score (nSPS) is 12.3. The summed E-state index contributed by atoms with van der Waals surface area (Å²) in [6, 6.07) is 5.89. The number of carboxylic acids is 1. The first-order chi connectivity index (χ1) is 11.3. The molecule has 0 saturated carbocycles. The molecule has 1 aromatic rings. The number of amides is 1. The van der Waals surface area contributed by atoms with Gasteiger partial charge in [0.25, 0.3) is 0 Å². The summed E-state index contributed by atoms with van der Waals surface area (Å²) in [4.78, 5) is 37.3. The Kier molecular flexibility index (Phi) is 7.37. The molecule has 1 atom stereocenters. The fourth-order valence-corrected chi connectivity index (χ4v) is 1.69. The first-order valence-electron chi connectivity index (χ1n) is 7.15. The highest BCUT2D eigenvalue weighted by Gasteiger charge is 2.14. The first-order valence-corrected chi connectivity index (χ1v) is 7.15. The Morgan fingerprint density at radius 3 is 2.46 bits per heavy atom. The number of nitrogens with zero attached hydrogens (tertiary/aromatic N) is 1. The minimum Gasteiger partial charge on any atom is -0.481 e. The molecular weight excluding hydrogens is 316 g/mol. The van der Waals surface area contributed by atoms with Gasteiger partial charge in [-0.2, -0.15) is 0 Å². The largest absolute Gasteiger partial charge is 0.481 e. The number of nitrogens with one attached hydrogen (secondary N) is 1. The average molecular weight is 336 g/mol. The number of oxime groups is 1. The molecule has 0 bridgehead atoms. The van der Waals surface area contributed by atoms with Crippen molar-refractivity contribution in [3.8, 4) is 0 Å². The molecule has 0 aliphatic carbocycles. The Hall–Kier alpha value is -2.94. The maximum Gasteiger partial charge on any atom is 0.332 e. The van der Waals surface area contributed by atoms with Crippen LogP contribution in [0.2, 0.25) is 0 Å². The van der Waals surface area contributed by atoms with Gasteiger partial charge in [0.2, 0.25) is 5.91 Å². The number of rotatable bonds is 8. The minimum absolute atomic E-state index is 0.0523. The molecule has 130 valence electrons. The van der Waals surface area contributed by atoms with Gasteiger partial charge in [0, 0.05) is 25.5 Å². The lowest BCUT2D eigenvalue weighted by Gasteiger charge is -2.11. The summed E-state index contributed by atoms with van der Waals surface area (Å²) in [7, 11) is 0. The van der Waals surface area contributed by atoms with Gasteiger partial charge in [0.05, 0.1) is 6.04 Å². The summed E-state index contributed by atoms with van der Waals surface area (Å²) in [6.07, 6.45) is -0.0898. The van der Waals surface area contributed by atoms with Gasteiger partial charge in [0.15, 0.2) is 5.84 Å². The van der Waals surface area contributed by atoms with Gasteiger partial charge in [-0.15, -0.1) is 0 Å². The zero-order valence-electron chi connectivity index (χ0n) is 13.2. The highest BCUT2D eigenvalue weighted by atomic mass is 16.7. The molecule has 24 heavy (non-hydrogen) atoms. The van der Waals surface area contributed by atoms with E-state index in [2.05, 4.69) is 15.3 Å². The molecule has 0 aliphatic heterocycles. The lowest BCUT2D eigenvalue weighted by Crippen LogP contribution is -2.40. The lowest BCUT2D eigenvalue weighted by molar-refractivity contribution is -0.141. The van der Waals surface area contributed by atoms with Crippen molar-refractivity contribution in [2.75, 3.05) is 0 Å². The molecule has 1 unspecified atom stereocenters. The van der Waals surface area contributed by atoms with Crippen LogP contribution >= 0.6 is 0 Å². The number of carbonyl (C=O) groups excluding carboxylic acids is 2. The summed E-state index contributed by atoms with van der Waals surface area (Å²) in [5.41, 5.74) is 12.6. The van der Waals surface area contributed by atoms with E-state index in [1.54, 1.807) is 24.3 Å². The predicted octanol–water partition coefficient (Wildman–Crippen LogP) is -0.322. The van der Waals surface area contributed by atoms with Gasteiger partial charge in [-0.3, -0.25) is 9.59 Å². The van der Waals surface area contributed by atoms with Gasteiger partial charge in [0.1, 0.15) is 0 Å². The first kappa shape index (κ1) is 19.1. The van der Waals surface area contributed by atoms with Crippen LogP contribution in [0.25, 0.3) is 0 Å². The Morgan fingerprint density at radius 2 is 1.92 bits per heavy atom. The van der Waals surface area contributed by atoms with Crippen molar-refractivity contribution in [2.24, 2.45) is 16.6 Å². The SMILES string of the molecule is CC(=O)O/N=C(/N)c1ccc(CNC(=O)C(N)CCC(=O)O)cc1. The van der Waals surface area contributed by atoms with Gasteiger partial charge < -0.3 is 26.7 Å². The van der Waals surface area contributed by atoms with E-state index >= 15 is 0 Å². The van der Waals surface area contributed by atoms with Crippen molar-refractivity contribution in [2.45, 2.75) is 32.4 Å². The second-order valence-corrected chi connectivity index (χ2v) is 5.01. The minimum atomic E-state index is -0.998. The van der Waals surface area contributed by atoms with E-state index in [1.807, 2.05) is 0 Å². The highest BCUT2D eigenvalue weighted by Crippen LogP contribution is 2.05. The molecule has 0 heterocycles. The lowest BCUT2D eigenvalue weighted by atomic mass is 10.1. The monoisotopic (exact) mass is 336 g/mol. The fraction of sp³-hybridized carbons (Fsp3) is 0.333. The number of amidine groups is 1. The molecule has 0 aromatic heterocycles. The Bertz CT molecular complexity index is 627. The van der Waals surface area contributed by atoms with Crippen molar-refractivity contribution >= 4 is 23.7 Å². The third kappa shape index (κ3) is 6.88. The summed E-state index contributed by atoms with van der Waals surface area (Å²) in [5, 5.41) is 14.6. The molecule has 9 nitrogen and oxygen atoms in total. The third-order valence-electron chi connectivity index (χ3n) is 2.99. The van der Waals surface area contributed by atoms with Crippen molar-refractivity contribution in [3.63, 3.8) is 0 Å². The van der Waals surface area contributed by atoms with Crippen molar-refractivity contribution < 1.29 is 24.3 Å². The molecule has 0 spiro atoms. The molecule has 6 N–H and O–H groups in total. The van der Waals surface area contributed by atoms with E-state index < -0.39 is 23.9 Å². The molecule has 1 rings (SSSR count). The number of aliphatic carboxylic acids is 1. The van der Waals surface area contributed by atoms with E-state index in [-0.39, 0.29) is 25.2 Å². The zero-order valence-corrected chi connectivity index (χ0v) is 13.2. The highest BCUT2D eigenvalue weighted by molar-refractivity contribution is 5.97. The van der Waals surface area contributed by atoms with E-state index in [4.69, 9.17) is 16.6 Å². The number of hydrogen-bond donors (Lipinski definition) is 4. The van der Waals surface area contributed by atoms with Gasteiger partial charge in [-0.05, 0) is 12.0 Å². The van der Waals surface area contributed by atoms with E-state index in [0.29, 0.717) is 5.56 Å². The number of carboxylic acid groups (broad SMARTS) is 1. The fourth-order valence-electron chi connectivity index (χ4n) is 1.69. The van der Waals surface area contributed by atoms with Crippen LogP contribution < -0.4 is 16.8 Å². The van der Waals surface area contributed by atoms with E-state index in [0.717, 1.165) is 5.56 Å². The van der Waals surface area contributed by atoms with Gasteiger partial charge in [-0.25, -0.2) is 4.79 Å². The molecule has 0 radical (unpaired) electrons. The number of carbonyl (C=O) groups is 3. The Labute approximate surface area is 138 Å². The van der Waals surface area contributed by atoms with Crippen LogP contribution in [0.15, 0.2) is 29.4 Å². The third-order valence-corrected chi connectivity index (χ3v) is 2.99. The zero-order chi connectivity index (χ0) is 18.1. The van der Waals surface area contributed by atoms with Crippen LogP contribution in [0, 0.1) is 0 Å². The maximum absolute atomic E-state index is 11.7. The number of hydrogen-bond acceptors (Lipinski definition) is 6. The van der Waals surface area contributed by atoms with E-state index in [1.165, 1.54) is 6.92 Å². The van der Waals surface area contributed by atoms with Crippen molar-refractivity contribution in [1.82, 2.24) is 5.32 Å². The van der Waals surface area contributed by atoms with Crippen molar-refractivity contribution in [1.29, 1.82) is 0 Å². The van der Waals surface area contributed by atoms with Crippen molar-refractivity contribution in [3.05, 3.63) is 35.4 Å². The maximum atomic E-state index is 11.7. The second-order valence-electron chi connectivity index (χ2n) is 5.01. The average Bonchev–Trinajstić information content (AvgIpc) is 2.55. The molecule has 9 heteroatoms. The standard InChI is InChI=1S/C15H20N4O5/c1-9(20)24-19-14(17)11-4-2-10(3-5-11)8-18-15(23)12(16)6-7-13(21)22/h2-5,12H,6-8,16H2,1H3,(H2,17,19)(H,18,23)(H,21,22). The smallest absolute Gasteiger partial charge is 0.332 e. The Morgan fingerprint density at radius 1 is 1.29 bits per heavy atom. The summed E-state index contributed by atoms with van der Waals surface area (Å²) >= 11 is 0. The summed E-state index contributed by atoms with van der Waals surface area (Å²) in [5.74, 6) is -1.94. The topological polar surface area (TPSA) is 157 Å².